The second-order valence-electron chi connectivity index (χ2n) is 6.24. The summed E-state index contributed by atoms with van der Waals surface area (Å²) in [5, 5.41) is 0. The van der Waals surface area contributed by atoms with Gasteiger partial charge >= 0.3 is 11.6 Å². The van der Waals surface area contributed by atoms with Gasteiger partial charge < -0.3 is 0 Å². The van der Waals surface area contributed by atoms with Gasteiger partial charge in [-0.3, -0.25) is 9.59 Å². The highest BCUT2D eigenvalue weighted by molar-refractivity contribution is 7.51. The standard InChI is InChI=1S/2C10H10O.O2S/c2*1-7-2-3-8-4-5-10(11)9(8)6-7;1-3-2/h2*2-3,6H,4-5H2,1H3;. The van der Waals surface area contributed by atoms with Crippen LogP contribution in [-0.2, 0) is 24.4 Å². The van der Waals surface area contributed by atoms with Gasteiger partial charge in [-0.15, -0.1) is 0 Å². The second kappa shape index (κ2) is 8.62. The summed E-state index contributed by atoms with van der Waals surface area (Å²) in [6.07, 6.45) is 3.29. The molecule has 2 aliphatic carbocycles. The van der Waals surface area contributed by atoms with Gasteiger partial charge in [0.1, 0.15) is 0 Å². The van der Waals surface area contributed by atoms with E-state index in [1.54, 1.807) is 0 Å². The maximum absolute atomic E-state index is 11.2. The van der Waals surface area contributed by atoms with E-state index in [-0.39, 0.29) is 0 Å². The van der Waals surface area contributed by atoms with Crippen molar-refractivity contribution in [3.8, 4) is 0 Å². The van der Waals surface area contributed by atoms with Crippen LogP contribution in [0.4, 0.5) is 0 Å². The lowest BCUT2D eigenvalue weighted by atomic mass is 10.1. The van der Waals surface area contributed by atoms with E-state index in [0.29, 0.717) is 24.4 Å². The minimum absolute atomic E-state index is 0.309. The zero-order chi connectivity index (χ0) is 18.4. The molecule has 0 unspecified atom stereocenters. The third kappa shape index (κ3) is 4.79. The van der Waals surface area contributed by atoms with Crippen LogP contribution in [0.3, 0.4) is 0 Å². The average Bonchev–Trinajstić information content (AvgIpc) is 3.13. The smallest absolute Gasteiger partial charge is 0.294 e. The van der Waals surface area contributed by atoms with Crippen LogP contribution in [0.25, 0.3) is 0 Å². The molecule has 0 N–H and O–H groups in total. The van der Waals surface area contributed by atoms with Crippen LogP contribution in [0.1, 0.15) is 55.8 Å². The van der Waals surface area contributed by atoms with Crippen molar-refractivity contribution in [3.05, 3.63) is 69.8 Å². The van der Waals surface area contributed by atoms with Crippen LogP contribution in [-0.4, -0.2) is 20.0 Å². The maximum atomic E-state index is 11.2. The molecule has 4 nitrogen and oxygen atoms in total. The second-order valence-corrected chi connectivity index (χ2v) is 6.37. The highest BCUT2D eigenvalue weighted by atomic mass is 32.1. The Morgan fingerprint density at radius 3 is 1.40 bits per heavy atom. The van der Waals surface area contributed by atoms with E-state index in [1.165, 1.54) is 22.3 Å². The predicted molar refractivity (Wildman–Crippen MR) is 96.6 cm³/mol. The number of carbonyl (C=O) groups is 2. The summed E-state index contributed by atoms with van der Waals surface area (Å²) in [7, 11) is 0. The summed E-state index contributed by atoms with van der Waals surface area (Å²) in [4.78, 5) is 22.4. The van der Waals surface area contributed by atoms with Crippen LogP contribution in [0.15, 0.2) is 36.4 Å². The third-order valence-electron chi connectivity index (χ3n) is 4.37. The van der Waals surface area contributed by atoms with Gasteiger partial charge in [-0.1, -0.05) is 35.4 Å². The van der Waals surface area contributed by atoms with Gasteiger partial charge in [0, 0.05) is 24.0 Å². The number of hydrogen-bond donors (Lipinski definition) is 0. The number of hydrogen-bond acceptors (Lipinski definition) is 4. The zero-order valence-electron chi connectivity index (χ0n) is 14.3. The normalized spacial score (nSPS) is 13.8. The summed E-state index contributed by atoms with van der Waals surface area (Å²) in [5.74, 6) is 0.618. The van der Waals surface area contributed by atoms with E-state index in [9.17, 15) is 9.59 Å². The first-order chi connectivity index (χ1) is 12.0. The molecule has 0 aromatic heterocycles. The molecule has 0 fully saturated rings. The summed E-state index contributed by atoms with van der Waals surface area (Å²) in [6.45, 7) is 4.04. The van der Waals surface area contributed by atoms with Gasteiger partial charge in [-0.2, -0.15) is 8.42 Å². The molecule has 0 atom stereocenters. The molecule has 5 heteroatoms. The summed E-state index contributed by atoms with van der Waals surface area (Å²) < 4.78 is 16.6. The molecule has 0 radical (unpaired) electrons. The number of carbonyl (C=O) groups excluding carboxylic acids is 2. The highest BCUT2D eigenvalue weighted by Gasteiger charge is 2.19. The fraction of sp³-hybridized carbons (Fsp3) is 0.300. The molecule has 2 aromatic carbocycles. The first kappa shape index (κ1) is 18.9. The van der Waals surface area contributed by atoms with E-state index in [2.05, 4.69) is 24.3 Å². The van der Waals surface area contributed by atoms with Crippen molar-refractivity contribution in [3.63, 3.8) is 0 Å². The monoisotopic (exact) mass is 356 g/mol. The molecule has 0 bridgehead atoms. The Labute approximate surface area is 150 Å². The number of benzene rings is 2. The minimum Gasteiger partial charge on any atom is -0.294 e. The molecular formula is C20H20O4S. The summed E-state index contributed by atoms with van der Waals surface area (Å²) >= 11 is -0.750. The fourth-order valence-electron chi connectivity index (χ4n) is 3.10. The number of rotatable bonds is 0. The van der Waals surface area contributed by atoms with E-state index in [0.717, 1.165) is 24.0 Å². The SMILES string of the molecule is Cc1ccc2c(c1)C(=O)CC2.Cc1ccc2c(c1)C(=O)CC2.O=S=O. The summed E-state index contributed by atoms with van der Waals surface area (Å²) in [6, 6.07) is 12.2. The number of Topliss-reactive ketones (excluding diaryl/α,β-unsaturated/α-hetero) is 2. The Bertz CT molecular complexity index is 783. The Balaban J connectivity index is 0.000000156. The van der Waals surface area contributed by atoms with Crippen LogP contribution < -0.4 is 0 Å². The van der Waals surface area contributed by atoms with Crippen LogP contribution in [0.2, 0.25) is 0 Å². The maximum Gasteiger partial charge on any atom is 0.335 e. The third-order valence-corrected chi connectivity index (χ3v) is 4.37. The first-order valence-electron chi connectivity index (χ1n) is 8.13. The van der Waals surface area contributed by atoms with Gasteiger partial charge in [-0.25, -0.2) is 0 Å². The molecule has 0 spiro atoms. The molecule has 2 aliphatic rings. The van der Waals surface area contributed by atoms with E-state index in [1.807, 2.05) is 26.0 Å². The molecule has 0 saturated carbocycles. The van der Waals surface area contributed by atoms with Crippen molar-refractivity contribution in [1.82, 2.24) is 0 Å². The Hall–Kier alpha value is -2.40. The largest absolute Gasteiger partial charge is 0.335 e. The minimum atomic E-state index is -0.750. The topological polar surface area (TPSA) is 68.3 Å². The van der Waals surface area contributed by atoms with Crippen molar-refractivity contribution in [2.75, 3.05) is 0 Å². The quantitative estimate of drug-likeness (QED) is 0.723. The van der Waals surface area contributed by atoms with Gasteiger partial charge in [0.05, 0.1) is 0 Å². The summed E-state index contributed by atoms with van der Waals surface area (Å²) in [5.41, 5.74) is 6.70. The molecule has 0 amide bonds. The Morgan fingerprint density at radius 1 is 0.680 bits per heavy atom. The Morgan fingerprint density at radius 2 is 1.04 bits per heavy atom. The fourth-order valence-corrected chi connectivity index (χ4v) is 3.10. The molecule has 0 saturated heterocycles. The van der Waals surface area contributed by atoms with E-state index >= 15 is 0 Å². The van der Waals surface area contributed by atoms with Crippen molar-refractivity contribution >= 4 is 23.1 Å². The van der Waals surface area contributed by atoms with Gasteiger partial charge in [0.25, 0.3) is 0 Å². The molecule has 130 valence electrons. The lowest BCUT2D eigenvalue weighted by Gasteiger charge is -1.97. The van der Waals surface area contributed by atoms with Crippen molar-refractivity contribution in [1.29, 1.82) is 0 Å². The van der Waals surface area contributed by atoms with Crippen LogP contribution >= 0.6 is 0 Å². The Kier molecular flexibility index (Phi) is 6.53. The number of ketones is 2. The van der Waals surface area contributed by atoms with E-state index in [4.69, 9.17) is 8.42 Å². The number of aryl methyl sites for hydroxylation is 4. The molecule has 0 heterocycles. The van der Waals surface area contributed by atoms with Crippen molar-refractivity contribution < 1.29 is 18.0 Å². The van der Waals surface area contributed by atoms with Gasteiger partial charge in [-0.05, 0) is 49.9 Å². The van der Waals surface area contributed by atoms with Crippen LogP contribution in [0.5, 0.6) is 0 Å². The first-order valence-corrected chi connectivity index (χ1v) is 8.80. The lowest BCUT2D eigenvalue weighted by Crippen LogP contribution is -1.90. The number of fused-ring (bicyclic) bond motifs is 2. The van der Waals surface area contributed by atoms with Gasteiger partial charge in [0.2, 0.25) is 0 Å². The van der Waals surface area contributed by atoms with Crippen LogP contribution in [0, 0.1) is 13.8 Å². The zero-order valence-corrected chi connectivity index (χ0v) is 15.2. The molecule has 2 aromatic rings. The molecule has 0 aliphatic heterocycles. The molecule has 25 heavy (non-hydrogen) atoms. The highest BCUT2D eigenvalue weighted by Crippen LogP contribution is 2.23. The molecule has 4 rings (SSSR count). The van der Waals surface area contributed by atoms with Gasteiger partial charge in [0.15, 0.2) is 11.6 Å². The lowest BCUT2D eigenvalue weighted by molar-refractivity contribution is 0.0986. The molecular weight excluding hydrogens is 336 g/mol. The predicted octanol–water partition coefficient (Wildman–Crippen LogP) is 3.58. The average molecular weight is 356 g/mol. The van der Waals surface area contributed by atoms with Crippen molar-refractivity contribution in [2.45, 2.75) is 39.5 Å². The van der Waals surface area contributed by atoms with E-state index < -0.39 is 11.6 Å². The van der Waals surface area contributed by atoms with Crippen molar-refractivity contribution in [2.24, 2.45) is 0 Å².